The van der Waals surface area contributed by atoms with Crippen molar-refractivity contribution in [1.82, 2.24) is 0 Å². The number of halogens is 1. The first kappa shape index (κ1) is 12.7. The number of hydrogen-bond donors (Lipinski definition) is 2. The fraction of sp³-hybridized carbons (Fsp3) is 0.538. The number of methoxy groups -OCH3 is 1. The first-order chi connectivity index (χ1) is 7.99. The summed E-state index contributed by atoms with van der Waals surface area (Å²) in [5.41, 5.74) is 7.58. The van der Waals surface area contributed by atoms with Crippen molar-refractivity contribution in [2.75, 3.05) is 7.11 Å². The molecule has 1 aromatic carbocycles. The van der Waals surface area contributed by atoms with Crippen molar-refractivity contribution >= 4 is 15.9 Å². The van der Waals surface area contributed by atoms with Crippen LogP contribution in [0.5, 0.6) is 11.5 Å². The van der Waals surface area contributed by atoms with Crippen molar-refractivity contribution in [2.45, 2.75) is 38.1 Å². The van der Waals surface area contributed by atoms with E-state index < -0.39 is 0 Å². The lowest BCUT2D eigenvalue weighted by Crippen LogP contribution is -2.33. The number of rotatable bonds is 2. The van der Waals surface area contributed by atoms with Crippen LogP contribution in [0.25, 0.3) is 0 Å². The molecule has 1 aliphatic rings. The van der Waals surface area contributed by atoms with Crippen molar-refractivity contribution in [1.29, 1.82) is 0 Å². The van der Waals surface area contributed by atoms with Crippen LogP contribution in [0.15, 0.2) is 10.5 Å². The second-order valence-electron chi connectivity index (χ2n) is 4.78. The summed E-state index contributed by atoms with van der Waals surface area (Å²) >= 11 is 3.47. The molecule has 4 heteroatoms. The molecule has 17 heavy (non-hydrogen) atoms. The van der Waals surface area contributed by atoms with Gasteiger partial charge in [-0.3, -0.25) is 0 Å². The van der Waals surface area contributed by atoms with Crippen molar-refractivity contribution in [2.24, 2.45) is 5.73 Å². The smallest absolute Gasteiger partial charge is 0.139 e. The Morgan fingerprint density at radius 3 is 2.53 bits per heavy atom. The third-order valence-corrected chi connectivity index (χ3v) is 4.26. The number of hydrogen-bond acceptors (Lipinski definition) is 3. The average molecular weight is 300 g/mol. The van der Waals surface area contributed by atoms with Crippen LogP contribution in [-0.4, -0.2) is 12.2 Å². The fourth-order valence-electron chi connectivity index (χ4n) is 2.65. The highest BCUT2D eigenvalue weighted by molar-refractivity contribution is 9.10. The minimum Gasteiger partial charge on any atom is -0.507 e. The van der Waals surface area contributed by atoms with Gasteiger partial charge < -0.3 is 15.6 Å². The van der Waals surface area contributed by atoms with Crippen molar-refractivity contribution in [3.8, 4) is 11.5 Å². The molecule has 2 rings (SSSR count). The summed E-state index contributed by atoms with van der Waals surface area (Å²) in [7, 11) is 1.60. The van der Waals surface area contributed by atoms with E-state index in [0.29, 0.717) is 5.75 Å². The molecule has 3 nitrogen and oxygen atoms in total. The zero-order chi connectivity index (χ0) is 12.6. The van der Waals surface area contributed by atoms with Gasteiger partial charge in [-0.25, -0.2) is 0 Å². The molecule has 0 amide bonds. The lowest BCUT2D eigenvalue weighted by Gasteiger charge is -2.27. The van der Waals surface area contributed by atoms with E-state index in [1.807, 2.05) is 13.0 Å². The molecule has 0 unspecified atom stereocenters. The monoisotopic (exact) mass is 299 g/mol. The van der Waals surface area contributed by atoms with E-state index in [1.165, 1.54) is 0 Å². The second kappa shape index (κ2) is 4.50. The van der Waals surface area contributed by atoms with E-state index in [4.69, 9.17) is 10.5 Å². The van der Waals surface area contributed by atoms with Crippen LogP contribution in [0.1, 0.15) is 36.8 Å². The molecule has 1 fully saturated rings. The maximum Gasteiger partial charge on any atom is 0.139 e. The molecule has 0 aliphatic heterocycles. The molecule has 3 N–H and O–H groups in total. The molecule has 0 aromatic heterocycles. The van der Waals surface area contributed by atoms with Gasteiger partial charge >= 0.3 is 0 Å². The zero-order valence-electron chi connectivity index (χ0n) is 10.2. The molecule has 0 saturated heterocycles. The van der Waals surface area contributed by atoms with Gasteiger partial charge in [-0.1, -0.05) is 12.8 Å². The molecule has 0 bridgehead atoms. The van der Waals surface area contributed by atoms with E-state index >= 15 is 0 Å². The van der Waals surface area contributed by atoms with Crippen molar-refractivity contribution < 1.29 is 9.84 Å². The number of ether oxygens (including phenoxy) is 1. The number of benzene rings is 1. The molecule has 0 heterocycles. The SMILES string of the molecule is COc1c(Br)cc(C2(N)CCCC2)c(O)c1C. The number of phenolic OH excluding ortho intramolecular Hbond substituents is 1. The van der Waals surface area contributed by atoms with Crippen LogP contribution in [0.3, 0.4) is 0 Å². The lowest BCUT2D eigenvalue weighted by molar-refractivity contribution is 0.384. The summed E-state index contributed by atoms with van der Waals surface area (Å²) in [5.74, 6) is 0.947. The molecule has 0 spiro atoms. The molecular formula is C13H18BrNO2. The standard InChI is InChI=1S/C13H18BrNO2/c1-8-11(16)9(7-10(14)12(8)17-2)13(15)5-3-4-6-13/h7,16H,3-6,15H2,1-2H3. The minimum atomic E-state index is -0.385. The Balaban J connectivity index is 2.56. The van der Waals surface area contributed by atoms with Gasteiger partial charge in [-0.15, -0.1) is 0 Å². The molecule has 0 atom stereocenters. The van der Waals surface area contributed by atoms with E-state index in [1.54, 1.807) is 7.11 Å². The largest absolute Gasteiger partial charge is 0.507 e. The summed E-state index contributed by atoms with van der Waals surface area (Å²) in [6.45, 7) is 1.85. The maximum absolute atomic E-state index is 10.3. The average Bonchev–Trinajstić information content (AvgIpc) is 2.72. The van der Waals surface area contributed by atoms with Gasteiger partial charge in [0.25, 0.3) is 0 Å². The van der Waals surface area contributed by atoms with Gasteiger partial charge in [0.1, 0.15) is 11.5 Å². The van der Waals surface area contributed by atoms with Crippen LogP contribution in [0, 0.1) is 6.92 Å². The number of phenols is 1. The van der Waals surface area contributed by atoms with Gasteiger partial charge in [0.2, 0.25) is 0 Å². The van der Waals surface area contributed by atoms with Gasteiger partial charge in [0, 0.05) is 16.7 Å². The number of aromatic hydroxyl groups is 1. The second-order valence-corrected chi connectivity index (χ2v) is 5.63. The van der Waals surface area contributed by atoms with Gasteiger partial charge in [0.15, 0.2) is 0 Å². The third kappa shape index (κ3) is 2.04. The van der Waals surface area contributed by atoms with Crippen LogP contribution in [0.4, 0.5) is 0 Å². The molecule has 1 aliphatic carbocycles. The molecule has 94 valence electrons. The Morgan fingerprint density at radius 2 is 2.00 bits per heavy atom. The van der Waals surface area contributed by atoms with E-state index in [0.717, 1.165) is 41.3 Å². The first-order valence-electron chi connectivity index (χ1n) is 5.85. The van der Waals surface area contributed by atoms with Crippen LogP contribution in [0.2, 0.25) is 0 Å². The Bertz CT molecular complexity index is 440. The Kier molecular flexibility index (Phi) is 3.36. The predicted octanol–water partition coefficient (Wildman–Crippen LogP) is 3.20. The Morgan fingerprint density at radius 1 is 1.41 bits per heavy atom. The van der Waals surface area contributed by atoms with Crippen molar-refractivity contribution in [3.63, 3.8) is 0 Å². The highest BCUT2D eigenvalue weighted by atomic mass is 79.9. The summed E-state index contributed by atoms with van der Waals surface area (Å²) in [6.07, 6.45) is 4.11. The Hall–Kier alpha value is -0.740. The van der Waals surface area contributed by atoms with E-state index in [2.05, 4.69) is 15.9 Å². The third-order valence-electron chi connectivity index (χ3n) is 3.68. The molecule has 1 saturated carbocycles. The van der Waals surface area contributed by atoms with Crippen molar-refractivity contribution in [3.05, 3.63) is 21.7 Å². The van der Waals surface area contributed by atoms with E-state index in [-0.39, 0.29) is 11.3 Å². The van der Waals surface area contributed by atoms with Crippen LogP contribution in [-0.2, 0) is 5.54 Å². The van der Waals surface area contributed by atoms with Crippen LogP contribution >= 0.6 is 15.9 Å². The molecule has 0 radical (unpaired) electrons. The summed E-state index contributed by atoms with van der Waals surface area (Å²) in [4.78, 5) is 0. The molecule has 1 aromatic rings. The predicted molar refractivity (Wildman–Crippen MR) is 71.4 cm³/mol. The highest BCUT2D eigenvalue weighted by Crippen LogP contribution is 2.46. The van der Waals surface area contributed by atoms with Gasteiger partial charge in [-0.2, -0.15) is 0 Å². The lowest BCUT2D eigenvalue weighted by atomic mass is 9.87. The van der Waals surface area contributed by atoms with E-state index in [9.17, 15) is 5.11 Å². The quantitative estimate of drug-likeness (QED) is 0.882. The molecular weight excluding hydrogens is 282 g/mol. The normalized spacial score (nSPS) is 18.4. The summed E-state index contributed by atoms with van der Waals surface area (Å²) in [5, 5.41) is 10.3. The first-order valence-corrected chi connectivity index (χ1v) is 6.64. The number of nitrogens with two attached hydrogens (primary N) is 1. The fourth-order valence-corrected chi connectivity index (χ4v) is 3.34. The topological polar surface area (TPSA) is 55.5 Å². The highest BCUT2D eigenvalue weighted by Gasteiger charge is 2.35. The Labute approximate surface area is 110 Å². The zero-order valence-corrected chi connectivity index (χ0v) is 11.8. The maximum atomic E-state index is 10.3. The summed E-state index contributed by atoms with van der Waals surface area (Å²) in [6, 6.07) is 1.90. The van der Waals surface area contributed by atoms with Gasteiger partial charge in [0.05, 0.1) is 11.6 Å². The minimum absolute atomic E-state index is 0.273. The summed E-state index contributed by atoms with van der Waals surface area (Å²) < 4.78 is 6.11. The van der Waals surface area contributed by atoms with Crippen LogP contribution < -0.4 is 10.5 Å². The van der Waals surface area contributed by atoms with Gasteiger partial charge in [-0.05, 0) is 41.8 Å².